The smallest absolute Gasteiger partial charge is 0.328 e. The van der Waals surface area contributed by atoms with Gasteiger partial charge in [-0.2, -0.15) is 0 Å². The molecule has 2 aromatic carbocycles. The molecule has 1 heterocycles. The molecule has 3 rings (SSSR count). The number of carboxylic acid groups (broad SMARTS) is 2. The Hall–Kier alpha value is -3.45. The molecule has 7 nitrogen and oxygen atoms in total. The van der Waals surface area contributed by atoms with Gasteiger partial charge in [0.15, 0.2) is 5.78 Å². The van der Waals surface area contributed by atoms with E-state index in [0.29, 0.717) is 18.2 Å². The Labute approximate surface area is 195 Å². The Morgan fingerprint density at radius 1 is 0.939 bits per heavy atom. The minimum absolute atomic E-state index is 0.130. The van der Waals surface area contributed by atoms with E-state index in [9.17, 15) is 14.4 Å². The fraction of sp³-hybridized carbons (Fsp3) is 0.346. The number of anilines is 1. The SMILES string of the molecule is CC(=O)c1ccc(N2CCC(N(C)CCc3ccccc3)CC2)cc1.O=C(O)/C=C/C(=O)O. The lowest BCUT2D eigenvalue weighted by atomic mass is 10.0. The second-order valence-electron chi connectivity index (χ2n) is 8.05. The van der Waals surface area contributed by atoms with E-state index in [1.165, 1.54) is 24.1 Å². The molecular weight excluding hydrogens is 420 g/mol. The minimum atomic E-state index is -1.26. The highest BCUT2D eigenvalue weighted by Crippen LogP contribution is 2.23. The van der Waals surface area contributed by atoms with Gasteiger partial charge in [-0.15, -0.1) is 0 Å². The molecule has 1 aliphatic rings. The van der Waals surface area contributed by atoms with Gasteiger partial charge < -0.3 is 20.0 Å². The minimum Gasteiger partial charge on any atom is -0.478 e. The van der Waals surface area contributed by atoms with Gasteiger partial charge in [0, 0.05) is 49.1 Å². The van der Waals surface area contributed by atoms with Gasteiger partial charge >= 0.3 is 11.9 Å². The van der Waals surface area contributed by atoms with Crippen LogP contribution in [0.1, 0.15) is 35.7 Å². The molecule has 0 aliphatic carbocycles. The zero-order chi connectivity index (χ0) is 24.2. The fourth-order valence-corrected chi connectivity index (χ4v) is 3.75. The fourth-order valence-electron chi connectivity index (χ4n) is 3.75. The molecule has 7 heteroatoms. The summed E-state index contributed by atoms with van der Waals surface area (Å²) in [4.78, 5) is 35.5. The van der Waals surface area contributed by atoms with Gasteiger partial charge in [0.2, 0.25) is 0 Å². The quantitative estimate of drug-likeness (QED) is 0.465. The summed E-state index contributed by atoms with van der Waals surface area (Å²) in [6.07, 6.45) is 4.62. The lowest BCUT2D eigenvalue weighted by Gasteiger charge is -2.38. The number of hydrogen-bond donors (Lipinski definition) is 2. The summed E-state index contributed by atoms with van der Waals surface area (Å²) in [6.45, 7) is 4.90. The Bertz CT molecular complexity index is 917. The Morgan fingerprint density at radius 2 is 1.48 bits per heavy atom. The van der Waals surface area contributed by atoms with Crippen molar-refractivity contribution in [1.82, 2.24) is 4.90 Å². The van der Waals surface area contributed by atoms with Crippen LogP contribution in [-0.4, -0.2) is 65.6 Å². The topological polar surface area (TPSA) is 98.2 Å². The molecule has 0 atom stereocenters. The first-order chi connectivity index (χ1) is 15.8. The number of likely N-dealkylation sites (N-methyl/N-ethyl adjacent to an activating group) is 1. The van der Waals surface area contributed by atoms with Crippen LogP contribution in [-0.2, 0) is 16.0 Å². The number of nitrogens with zero attached hydrogens (tertiary/aromatic N) is 2. The van der Waals surface area contributed by atoms with Crippen molar-refractivity contribution in [2.75, 3.05) is 31.6 Å². The van der Waals surface area contributed by atoms with E-state index in [-0.39, 0.29) is 5.78 Å². The molecule has 0 bridgehead atoms. The number of rotatable bonds is 8. The van der Waals surface area contributed by atoms with Crippen LogP contribution in [0, 0.1) is 0 Å². The monoisotopic (exact) mass is 452 g/mol. The van der Waals surface area contributed by atoms with Gasteiger partial charge in [0.05, 0.1) is 0 Å². The van der Waals surface area contributed by atoms with Crippen LogP contribution in [0.15, 0.2) is 66.7 Å². The zero-order valence-corrected chi connectivity index (χ0v) is 19.2. The number of benzene rings is 2. The van der Waals surface area contributed by atoms with Crippen molar-refractivity contribution < 1.29 is 24.6 Å². The van der Waals surface area contributed by atoms with Gasteiger partial charge in [0.25, 0.3) is 0 Å². The summed E-state index contributed by atoms with van der Waals surface area (Å²) in [7, 11) is 2.25. The molecule has 0 saturated carbocycles. The van der Waals surface area contributed by atoms with Crippen LogP contribution in [0.25, 0.3) is 0 Å². The van der Waals surface area contributed by atoms with E-state index >= 15 is 0 Å². The number of carbonyl (C=O) groups is 3. The Morgan fingerprint density at radius 3 is 1.97 bits per heavy atom. The summed E-state index contributed by atoms with van der Waals surface area (Å²) < 4.78 is 0. The average molecular weight is 453 g/mol. The normalized spacial score (nSPS) is 14.1. The first-order valence-corrected chi connectivity index (χ1v) is 11.0. The maximum Gasteiger partial charge on any atom is 0.328 e. The van der Waals surface area contributed by atoms with E-state index in [1.54, 1.807) is 6.92 Å². The number of ketones is 1. The highest BCUT2D eigenvalue weighted by Gasteiger charge is 2.22. The highest BCUT2D eigenvalue weighted by atomic mass is 16.4. The first-order valence-electron chi connectivity index (χ1n) is 11.0. The van der Waals surface area contributed by atoms with Crippen molar-refractivity contribution in [3.8, 4) is 0 Å². The van der Waals surface area contributed by atoms with Crippen molar-refractivity contribution in [2.24, 2.45) is 0 Å². The molecule has 0 amide bonds. The molecular formula is C26H32N2O5. The van der Waals surface area contributed by atoms with Gasteiger partial charge in [-0.05, 0) is 63.1 Å². The first kappa shape index (κ1) is 25.8. The van der Waals surface area contributed by atoms with Gasteiger partial charge in [0.1, 0.15) is 0 Å². The summed E-state index contributed by atoms with van der Waals surface area (Å²) in [5, 5.41) is 15.6. The van der Waals surface area contributed by atoms with Crippen molar-refractivity contribution >= 4 is 23.4 Å². The second-order valence-corrected chi connectivity index (χ2v) is 8.05. The van der Waals surface area contributed by atoms with Crippen molar-refractivity contribution in [1.29, 1.82) is 0 Å². The van der Waals surface area contributed by atoms with E-state index in [1.807, 2.05) is 12.1 Å². The van der Waals surface area contributed by atoms with Crippen LogP contribution in [0.5, 0.6) is 0 Å². The molecule has 176 valence electrons. The van der Waals surface area contributed by atoms with Gasteiger partial charge in [-0.3, -0.25) is 4.79 Å². The predicted molar refractivity (Wildman–Crippen MR) is 129 cm³/mol. The molecule has 0 unspecified atom stereocenters. The number of Topliss-reactive ketones (excluding diaryl/α,β-unsaturated/α-hetero) is 1. The van der Waals surface area contributed by atoms with Crippen LogP contribution in [0.3, 0.4) is 0 Å². The van der Waals surface area contributed by atoms with Crippen molar-refractivity contribution in [2.45, 2.75) is 32.2 Å². The van der Waals surface area contributed by atoms with Gasteiger partial charge in [-0.25, -0.2) is 9.59 Å². The third-order valence-electron chi connectivity index (χ3n) is 5.69. The maximum absolute atomic E-state index is 11.4. The molecule has 2 N–H and O–H groups in total. The third-order valence-corrected chi connectivity index (χ3v) is 5.69. The van der Waals surface area contributed by atoms with Crippen molar-refractivity contribution in [3.05, 3.63) is 77.9 Å². The standard InChI is InChI=1S/C22H28N2O.C4H4O4/c1-18(25)20-8-10-22(11-9-20)24-16-13-21(14-17-24)23(2)15-12-19-6-4-3-5-7-19;5-3(6)1-2-4(7)8/h3-11,21H,12-17H2,1-2H3;1-2H,(H,5,6)(H,7,8)/b;2-1+. The lowest BCUT2D eigenvalue weighted by Crippen LogP contribution is -2.44. The highest BCUT2D eigenvalue weighted by molar-refractivity contribution is 5.94. The number of carbonyl (C=O) groups excluding carboxylic acids is 1. The van der Waals surface area contributed by atoms with Crippen LogP contribution in [0.4, 0.5) is 5.69 Å². The summed E-state index contributed by atoms with van der Waals surface area (Å²) in [5.41, 5.74) is 3.44. The summed E-state index contributed by atoms with van der Waals surface area (Å²) in [5.74, 6) is -2.38. The molecule has 2 aromatic rings. The Kier molecular flexibility index (Phi) is 10.3. The van der Waals surface area contributed by atoms with Crippen LogP contribution in [0.2, 0.25) is 0 Å². The maximum atomic E-state index is 11.4. The largest absolute Gasteiger partial charge is 0.478 e. The molecule has 1 aliphatic heterocycles. The molecule has 1 fully saturated rings. The lowest BCUT2D eigenvalue weighted by molar-refractivity contribution is -0.134. The number of carboxylic acids is 2. The van der Waals surface area contributed by atoms with E-state index < -0.39 is 11.9 Å². The predicted octanol–water partition coefficient (Wildman–Crippen LogP) is 3.74. The third kappa shape index (κ3) is 9.29. The van der Waals surface area contributed by atoms with E-state index in [0.717, 1.165) is 31.6 Å². The molecule has 33 heavy (non-hydrogen) atoms. The number of piperidine rings is 1. The van der Waals surface area contributed by atoms with Crippen LogP contribution < -0.4 is 4.90 Å². The molecule has 0 radical (unpaired) electrons. The molecule has 0 aromatic heterocycles. The van der Waals surface area contributed by atoms with Crippen molar-refractivity contribution in [3.63, 3.8) is 0 Å². The van der Waals surface area contributed by atoms with E-state index in [2.05, 4.69) is 59.3 Å². The summed E-state index contributed by atoms with van der Waals surface area (Å²) >= 11 is 0. The molecule has 0 spiro atoms. The second kappa shape index (κ2) is 13.2. The Balaban J connectivity index is 0.000000414. The van der Waals surface area contributed by atoms with Crippen LogP contribution >= 0.6 is 0 Å². The average Bonchev–Trinajstić information content (AvgIpc) is 2.82. The zero-order valence-electron chi connectivity index (χ0n) is 19.2. The number of aliphatic carboxylic acids is 2. The summed E-state index contributed by atoms with van der Waals surface area (Å²) in [6, 6.07) is 19.4. The van der Waals surface area contributed by atoms with E-state index in [4.69, 9.17) is 10.2 Å². The van der Waals surface area contributed by atoms with Gasteiger partial charge in [-0.1, -0.05) is 30.3 Å². The molecule has 1 saturated heterocycles. The number of hydrogen-bond acceptors (Lipinski definition) is 5.